The van der Waals surface area contributed by atoms with Crippen LogP contribution in [0.2, 0.25) is 0 Å². The van der Waals surface area contributed by atoms with Crippen LogP contribution in [-0.4, -0.2) is 35.0 Å². The van der Waals surface area contributed by atoms with Crippen LogP contribution in [0.15, 0.2) is 4.99 Å². The number of hydrogen-bond acceptors (Lipinski definition) is 4. The molecule has 2 nitrogen and oxygen atoms in total. The second-order valence-corrected chi connectivity index (χ2v) is 6.94. The molecule has 0 radical (unpaired) electrons. The molecule has 1 saturated heterocycles. The van der Waals surface area contributed by atoms with E-state index in [-0.39, 0.29) is 0 Å². The average molecular weight is 258 g/mol. The number of nitrogens with zero attached hydrogens (tertiary/aromatic N) is 1. The summed E-state index contributed by atoms with van der Waals surface area (Å²) in [7, 11) is 0. The minimum atomic E-state index is 0.472. The van der Waals surface area contributed by atoms with Gasteiger partial charge in [-0.15, -0.1) is 0 Å². The van der Waals surface area contributed by atoms with Gasteiger partial charge in [0.2, 0.25) is 0 Å². The lowest BCUT2D eigenvalue weighted by Crippen LogP contribution is -2.39. The molecule has 0 spiro atoms. The lowest BCUT2D eigenvalue weighted by Gasteiger charge is -2.34. The SMILES string of the molecule is CCC1(CC)CN=C(NC2CCSC2)SC1. The summed E-state index contributed by atoms with van der Waals surface area (Å²) < 4.78 is 0. The zero-order chi connectivity index (χ0) is 11.4. The summed E-state index contributed by atoms with van der Waals surface area (Å²) in [6, 6.07) is 0.673. The van der Waals surface area contributed by atoms with Crippen molar-refractivity contribution in [2.24, 2.45) is 10.4 Å². The third kappa shape index (κ3) is 2.89. The minimum absolute atomic E-state index is 0.472. The molecule has 0 aromatic rings. The van der Waals surface area contributed by atoms with E-state index in [2.05, 4.69) is 30.9 Å². The van der Waals surface area contributed by atoms with Gasteiger partial charge in [0.25, 0.3) is 0 Å². The Kier molecular flexibility index (Phi) is 4.48. The van der Waals surface area contributed by atoms with Crippen LogP contribution in [0.4, 0.5) is 0 Å². The van der Waals surface area contributed by atoms with Crippen LogP contribution in [0, 0.1) is 5.41 Å². The first-order chi connectivity index (χ1) is 7.78. The van der Waals surface area contributed by atoms with E-state index in [1.54, 1.807) is 0 Å². The molecule has 1 N–H and O–H groups in total. The summed E-state index contributed by atoms with van der Waals surface area (Å²) in [5.41, 5.74) is 0.472. The van der Waals surface area contributed by atoms with Gasteiger partial charge in [0.15, 0.2) is 5.17 Å². The molecule has 2 heterocycles. The van der Waals surface area contributed by atoms with Gasteiger partial charge in [-0.05, 0) is 30.4 Å². The molecular formula is C12H22N2S2. The highest BCUT2D eigenvalue weighted by molar-refractivity contribution is 8.13. The van der Waals surface area contributed by atoms with Gasteiger partial charge in [0.1, 0.15) is 0 Å². The van der Waals surface area contributed by atoms with E-state index in [0.717, 1.165) is 6.54 Å². The van der Waals surface area contributed by atoms with Crippen molar-refractivity contribution in [2.75, 3.05) is 23.8 Å². The Morgan fingerprint density at radius 1 is 1.44 bits per heavy atom. The average Bonchev–Trinajstić information content (AvgIpc) is 2.83. The van der Waals surface area contributed by atoms with Crippen molar-refractivity contribution in [3.05, 3.63) is 0 Å². The molecule has 0 aromatic carbocycles. The predicted molar refractivity (Wildman–Crippen MR) is 76.6 cm³/mol. The Labute approximate surface area is 107 Å². The monoisotopic (exact) mass is 258 g/mol. The predicted octanol–water partition coefficient (Wildman–Crippen LogP) is 2.99. The van der Waals surface area contributed by atoms with Crippen LogP contribution in [0.5, 0.6) is 0 Å². The fraction of sp³-hybridized carbons (Fsp3) is 0.917. The van der Waals surface area contributed by atoms with Crippen LogP contribution in [-0.2, 0) is 0 Å². The van der Waals surface area contributed by atoms with Gasteiger partial charge < -0.3 is 5.32 Å². The van der Waals surface area contributed by atoms with Crippen LogP contribution in [0.1, 0.15) is 33.1 Å². The Hall–Kier alpha value is 0.170. The normalized spacial score (nSPS) is 28.9. The smallest absolute Gasteiger partial charge is 0.156 e. The number of rotatable bonds is 3. The highest BCUT2D eigenvalue weighted by atomic mass is 32.2. The topological polar surface area (TPSA) is 24.4 Å². The van der Waals surface area contributed by atoms with E-state index in [1.807, 2.05) is 11.8 Å². The summed E-state index contributed by atoms with van der Waals surface area (Å²) in [6.07, 6.45) is 3.82. The zero-order valence-electron chi connectivity index (χ0n) is 10.3. The highest BCUT2D eigenvalue weighted by Gasteiger charge is 2.30. The van der Waals surface area contributed by atoms with E-state index in [1.165, 1.54) is 41.7 Å². The number of hydrogen-bond donors (Lipinski definition) is 1. The van der Waals surface area contributed by atoms with E-state index < -0.39 is 0 Å². The molecule has 2 aliphatic rings. The zero-order valence-corrected chi connectivity index (χ0v) is 11.9. The first-order valence-corrected chi connectivity index (χ1v) is 8.43. The summed E-state index contributed by atoms with van der Waals surface area (Å²) in [6.45, 7) is 5.62. The van der Waals surface area contributed by atoms with E-state index in [9.17, 15) is 0 Å². The van der Waals surface area contributed by atoms with Gasteiger partial charge in [-0.1, -0.05) is 25.6 Å². The molecule has 0 aliphatic carbocycles. The maximum atomic E-state index is 4.75. The van der Waals surface area contributed by atoms with E-state index in [4.69, 9.17) is 4.99 Å². The van der Waals surface area contributed by atoms with Gasteiger partial charge in [0.05, 0.1) is 0 Å². The van der Waals surface area contributed by atoms with Crippen molar-refractivity contribution >= 4 is 28.7 Å². The maximum Gasteiger partial charge on any atom is 0.156 e. The van der Waals surface area contributed by atoms with E-state index in [0.29, 0.717) is 11.5 Å². The second-order valence-electron chi connectivity index (χ2n) is 4.82. The Balaban J connectivity index is 1.87. The maximum absolute atomic E-state index is 4.75. The van der Waals surface area contributed by atoms with E-state index >= 15 is 0 Å². The summed E-state index contributed by atoms with van der Waals surface area (Å²) in [5, 5.41) is 4.79. The fourth-order valence-electron chi connectivity index (χ4n) is 2.14. The van der Waals surface area contributed by atoms with Crippen molar-refractivity contribution in [2.45, 2.75) is 39.2 Å². The quantitative estimate of drug-likeness (QED) is 0.842. The molecule has 1 unspecified atom stereocenters. The summed E-state index contributed by atoms with van der Waals surface area (Å²) >= 11 is 3.99. The molecular weight excluding hydrogens is 236 g/mol. The highest BCUT2D eigenvalue weighted by Crippen LogP contribution is 2.35. The first-order valence-electron chi connectivity index (χ1n) is 6.29. The number of aliphatic imine (C=N–C) groups is 1. The Bertz CT molecular complexity index is 256. The van der Waals surface area contributed by atoms with Gasteiger partial charge in [-0.25, -0.2) is 0 Å². The molecule has 0 aromatic heterocycles. The lowest BCUT2D eigenvalue weighted by atomic mass is 9.84. The molecule has 2 aliphatic heterocycles. The van der Waals surface area contributed by atoms with Gasteiger partial charge in [0, 0.05) is 24.1 Å². The fourth-order valence-corrected chi connectivity index (χ4v) is 4.64. The largest absolute Gasteiger partial charge is 0.361 e. The minimum Gasteiger partial charge on any atom is -0.361 e. The molecule has 4 heteroatoms. The third-order valence-electron chi connectivity index (χ3n) is 3.83. The number of amidine groups is 1. The van der Waals surface area contributed by atoms with Crippen LogP contribution in [0.3, 0.4) is 0 Å². The number of nitrogens with one attached hydrogen (secondary N) is 1. The molecule has 1 atom stereocenters. The second kappa shape index (κ2) is 5.67. The van der Waals surface area contributed by atoms with Crippen molar-refractivity contribution in [3.63, 3.8) is 0 Å². The van der Waals surface area contributed by atoms with Gasteiger partial charge in [-0.3, -0.25) is 4.99 Å². The lowest BCUT2D eigenvalue weighted by molar-refractivity contribution is 0.318. The van der Waals surface area contributed by atoms with Crippen molar-refractivity contribution in [1.82, 2.24) is 5.32 Å². The molecule has 16 heavy (non-hydrogen) atoms. The van der Waals surface area contributed by atoms with Crippen molar-refractivity contribution in [3.8, 4) is 0 Å². The van der Waals surface area contributed by atoms with Gasteiger partial charge >= 0.3 is 0 Å². The Morgan fingerprint density at radius 2 is 2.25 bits per heavy atom. The third-order valence-corrected chi connectivity index (χ3v) is 6.27. The van der Waals surface area contributed by atoms with Crippen molar-refractivity contribution in [1.29, 1.82) is 0 Å². The summed E-state index contributed by atoms with van der Waals surface area (Å²) in [5.74, 6) is 3.81. The standard InChI is InChI=1S/C12H22N2S2/c1-3-12(4-2)8-13-11(16-9-12)14-10-5-6-15-7-10/h10H,3-9H2,1-2H3,(H,13,14). The van der Waals surface area contributed by atoms with Crippen LogP contribution >= 0.6 is 23.5 Å². The summed E-state index contributed by atoms with van der Waals surface area (Å²) in [4.78, 5) is 4.75. The number of thioether (sulfide) groups is 2. The molecule has 2 rings (SSSR count). The van der Waals surface area contributed by atoms with Crippen LogP contribution < -0.4 is 5.32 Å². The van der Waals surface area contributed by atoms with Crippen molar-refractivity contribution < 1.29 is 0 Å². The Morgan fingerprint density at radius 3 is 2.75 bits per heavy atom. The first kappa shape index (κ1) is 12.6. The molecule has 0 saturated carbocycles. The van der Waals surface area contributed by atoms with Gasteiger partial charge in [-0.2, -0.15) is 11.8 Å². The molecule has 0 bridgehead atoms. The molecule has 1 fully saturated rings. The molecule has 0 amide bonds. The van der Waals surface area contributed by atoms with Crippen LogP contribution in [0.25, 0.3) is 0 Å². The molecule has 92 valence electrons.